The van der Waals surface area contributed by atoms with Crippen molar-refractivity contribution in [2.75, 3.05) is 13.2 Å². The van der Waals surface area contributed by atoms with Crippen molar-refractivity contribution in [3.8, 4) is 0 Å². The molecular formula is C8H11Br2NOS. The maximum Gasteiger partial charge on any atom is 0.0843 e. The molecule has 0 fully saturated rings. The van der Waals surface area contributed by atoms with Crippen LogP contribution in [0.25, 0.3) is 0 Å². The standard InChI is InChI=1S/C8H11Br2NOS/c1-2-11-6(4-12)7-3-5(9)8(10)13-7/h3,6,11-12H,2,4H2,1H3. The molecule has 0 aliphatic heterocycles. The summed E-state index contributed by atoms with van der Waals surface area (Å²) in [6.45, 7) is 3.02. The van der Waals surface area contributed by atoms with E-state index in [0.717, 1.165) is 19.7 Å². The van der Waals surface area contributed by atoms with E-state index in [1.807, 2.05) is 13.0 Å². The van der Waals surface area contributed by atoms with Crippen molar-refractivity contribution < 1.29 is 5.11 Å². The van der Waals surface area contributed by atoms with Crippen LogP contribution in [-0.2, 0) is 0 Å². The molecule has 1 aromatic rings. The molecule has 5 heteroatoms. The van der Waals surface area contributed by atoms with E-state index in [1.165, 1.54) is 0 Å². The van der Waals surface area contributed by atoms with E-state index in [1.54, 1.807) is 11.3 Å². The molecule has 2 nitrogen and oxygen atoms in total. The molecule has 0 spiro atoms. The van der Waals surface area contributed by atoms with Crippen LogP contribution in [0.2, 0.25) is 0 Å². The highest BCUT2D eigenvalue weighted by Crippen LogP contribution is 2.35. The average Bonchev–Trinajstić information content (AvgIpc) is 2.43. The van der Waals surface area contributed by atoms with Gasteiger partial charge in [-0.25, -0.2) is 0 Å². The summed E-state index contributed by atoms with van der Waals surface area (Å²) in [4.78, 5) is 1.14. The van der Waals surface area contributed by atoms with Crippen LogP contribution in [0.1, 0.15) is 17.8 Å². The normalized spacial score (nSPS) is 13.2. The number of thiophene rings is 1. The number of aliphatic hydroxyl groups excluding tert-OH is 1. The van der Waals surface area contributed by atoms with Gasteiger partial charge in [-0.05, 0) is 44.5 Å². The van der Waals surface area contributed by atoms with Gasteiger partial charge in [0, 0.05) is 9.35 Å². The van der Waals surface area contributed by atoms with Gasteiger partial charge in [-0.2, -0.15) is 0 Å². The summed E-state index contributed by atoms with van der Waals surface area (Å²) in [6.07, 6.45) is 0. The van der Waals surface area contributed by atoms with Gasteiger partial charge in [-0.1, -0.05) is 6.92 Å². The summed E-state index contributed by atoms with van der Waals surface area (Å²) in [5.74, 6) is 0. The van der Waals surface area contributed by atoms with Crippen LogP contribution in [0.15, 0.2) is 14.3 Å². The third-order valence-corrected chi connectivity index (χ3v) is 5.01. The Labute approximate surface area is 98.6 Å². The summed E-state index contributed by atoms with van der Waals surface area (Å²) >= 11 is 8.48. The molecule has 0 radical (unpaired) electrons. The van der Waals surface area contributed by atoms with E-state index >= 15 is 0 Å². The Bertz CT molecular complexity index is 258. The number of halogens is 2. The van der Waals surface area contributed by atoms with Crippen molar-refractivity contribution in [2.24, 2.45) is 0 Å². The van der Waals surface area contributed by atoms with Crippen LogP contribution in [0.3, 0.4) is 0 Å². The number of hydrogen-bond donors (Lipinski definition) is 2. The molecule has 1 unspecified atom stereocenters. The minimum atomic E-state index is 0.0533. The highest BCUT2D eigenvalue weighted by Gasteiger charge is 2.13. The van der Waals surface area contributed by atoms with Gasteiger partial charge in [-0.3, -0.25) is 0 Å². The highest BCUT2D eigenvalue weighted by molar-refractivity contribution is 9.13. The van der Waals surface area contributed by atoms with Crippen molar-refractivity contribution in [1.82, 2.24) is 5.32 Å². The van der Waals surface area contributed by atoms with Gasteiger partial charge in [-0.15, -0.1) is 11.3 Å². The molecule has 1 heterocycles. The fraction of sp³-hybridized carbons (Fsp3) is 0.500. The number of rotatable bonds is 4. The van der Waals surface area contributed by atoms with Gasteiger partial charge < -0.3 is 10.4 Å². The summed E-state index contributed by atoms with van der Waals surface area (Å²) in [5.41, 5.74) is 0. The summed E-state index contributed by atoms with van der Waals surface area (Å²) < 4.78 is 2.11. The summed E-state index contributed by atoms with van der Waals surface area (Å²) in [6, 6.07) is 2.08. The van der Waals surface area contributed by atoms with E-state index in [9.17, 15) is 0 Å². The fourth-order valence-electron chi connectivity index (χ4n) is 1.04. The molecule has 0 aliphatic carbocycles. The second kappa shape index (κ2) is 5.46. The van der Waals surface area contributed by atoms with E-state index < -0.39 is 0 Å². The van der Waals surface area contributed by atoms with Crippen molar-refractivity contribution in [3.63, 3.8) is 0 Å². The average molecular weight is 329 g/mol. The Balaban J connectivity index is 2.78. The Morgan fingerprint density at radius 3 is 2.69 bits per heavy atom. The van der Waals surface area contributed by atoms with E-state index in [-0.39, 0.29) is 12.6 Å². The van der Waals surface area contributed by atoms with Crippen LogP contribution in [-0.4, -0.2) is 18.3 Å². The first-order valence-electron chi connectivity index (χ1n) is 3.98. The van der Waals surface area contributed by atoms with Gasteiger partial charge in [0.25, 0.3) is 0 Å². The number of likely N-dealkylation sites (N-methyl/N-ethyl adjacent to an activating group) is 1. The molecular weight excluding hydrogens is 318 g/mol. The van der Waals surface area contributed by atoms with Crippen LogP contribution in [0, 0.1) is 0 Å². The second-order valence-corrected chi connectivity index (χ2v) is 5.82. The zero-order valence-electron chi connectivity index (χ0n) is 7.18. The van der Waals surface area contributed by atoms with Crippen molar-refractivity contribution in [2.45, 2.75) is 13.0 Å². The lowest BCUT2D eigenvalue weighted by Crippen LogP contribution is -2.22. The van der Waals surface area contributed by atoms with Crippen molar-refractivity contribution >= 4 is 43.2 Å². The lowest BCUT2D eigenvalue weighted by molar-refractivity contribution is 0.248. The van der Waals surface area contributed by atoms with E-state index in [4.69, 9.17) is 5.11 Å². The van der Waals surface area contributed by atoms with Crippen LogP contribution in [0.5, 0.6) is 0 Å². The second-order valence-electron chi connectivity index (χ2n) is 2.56. The van der Waals surface area contributed by atoms with E-state index in [2.05, 4.69) is 37.2 Å². The maximum atomic E-state index is 9.12. The van der Waals surface area contributed by atoms with Gasteiger partial charge in [0.15, 0.2) is 0 Å². The quantitative estimate of drug-likeness (QED) is 0.890. The molecule has 0 saturated carbocycles. The summed E-state index contributed by atoms with van der Waals surface area (Å²) in [7, 11) is 0. The smallest absolute Gasteiger partial charge is 0.0843 e. The molecule has 1 aromatic heterocycles. The third kappa shape index (κ3) is 3.02. The van der Waals surface area contributed by atoms with Crippen LogP contribution in [0.4, 0.5) is 0 Å². The zero-order valence-corrected chi connectivity index (χ0v) is 11.2. The Morgan fingerprint density at radius 1 is 1.62 bits per heavy atom. The molecule has 74 valence electrons. The fourth-order valence-corrected chi connectivity index (χ4v) is 3.19. The molecule has 0 saturated heterocycles. The first-order valence-corrected chi connectivity index (χ1v) is 6.38. The Kier molecular flexibility index (Phi) is 4.89. The minimum Gasteiger partial charge on any atom is -0.394 e. The van der Waals surface area contributed by atoms with Gasteiger partial charge in [0.1, 0.15) is 0 Å². The molecule has 2 N–H and O–H groups in total. The van der Waals surface area contributed by atoms with Crippen molar-refractivity contribution in [1.29, 1.82) is 0 Å². The number of hydrogen-bond acceptors (Lipinski definition) is 3. The molecule has 13 heavy (non-hydrogen) atoms. The van der Waals surface area contributed by atoms with Crippen LogP contribution < -0.4 is 5.32 Å². The number of nitrogens with one attached hydrogen (secondary N) is 1. The van der Waals surface area contributed by atoms with Crippen LogP contribution >= 0.6 is 43.2 Å². The Morgan fingerprint density at radius 2 is 2.31 bits per heavy atom. The molecule has 0 aromatic carbocycles. The first kappa shape index (κ1) is 11.7. The van der Waals surface area contributed by atoms with Crippen molar-refractivity contribution in [3.05, 3.63) is 19.2 Å². The molecule has 0 bridgehead atoms. The highest BCUT2D eigenvalue weighted by atomic mass is 79.9. The third-order valence-electron chi connectivity index (χ3n) is 1.64. The predicted octanol–water partition coefficient (Wildman–Crippen LogP) is 2.92. The van der Waals surface area contributed by atoms with Gasteiger partial charge >= 0.3 is 0 Å². The minimum absolute atomic E-state index is 0.0533. The monoisotopic (exact) mass is 327 g/mol. The van der Waals surface area contributed by atoms with Gasteiger partial charge in [0.05, 0.1) is 16.4 Å². The largest absolute Gasteiger partial charge is 0.394 e. The lowest BCUT2D eigenvalue weighted by atomic mass is 10.2. The SMILES string of the molecule is CCNC(CO)c1cc(Br)c(Br)s1. The number of aliphatic hydroxyl groups is 1. The predicted molar refractivity (Wildman–Crippen MR) is 63.2 cm³/mol. The topological polar surface area (TPSA) is 32.3 Å². The molecule has 0 amide bonds. The first-order chi connectivity index (χ1) is 6.19. The lowest BCUT2D eigenvalue weighted by Gasteiger charge is -2.12. The molecule has 1 rings (SSSR count). The zero-order chi connectivity index (χ0) is 9.84. The summed E-state index contributed by atoms with van der Waals surface area (Å²) in [5, 5.41) is 12.3. The van der Waals surface area contributed by atoms with Gasteiger partial charge in [0.2, 0.25) is 0 Å². The molecule has 1 atom stereocenters. The molecule has 0 aliphatic rings. The van der Waals surface area contributed by atoms with E-state index in [0.29, 0.717) is 0 Å². The Hall–Kier alpha value is 0.580. The maximum absolute atomic E-state index is 9.12.